The molecule has 0 aromatic carbocycles. The molecule has 2 rings (SSSR count). The van der Waals surface area contributed by atoms with Crippen LogP contribution in [-0.2, 0) is 0 Å². The molecule has 0 aliphatic rings. The van der Waals surface area contributed by atoms with Crippen molar-refractivity contribution in [2.75, 3.05) is 7.11 Å². The molecule has 0 spiro atoms. The Morgan fingerprint density at radius 1 is 1.54 bits per heavy atom. The van der Waals surface area contributed by atoms with E-state index in [4.69, 9.17) is 13.4 Å². The molecule has 0 aliphatic heterocycles. The lowest BCUT2D eigenvalue weighted by Crippen LogP contribution is -2.02. The molecule has 0 bridgehead atoms. The first-order valence-electron chi connectivity index (χ1n) is 3.66. The first-order valence-corrected chi connectivity index (χ1v) is 3.66. The average Bonchev–Trinajstić information content (AvgIpc) is 2.50. The molecule has 13 heavy (non-hydrogen) atoms. The van der Waals surface area contributed by atoms with Crippen molar-refractivity contribution in [3.05, 3.63) is 22.0 Å². The Bertz CT molecular complexity index is 508. The topological polar surface area (TPSA) is 73.5 Å². The van der Waals surface area contributed by atoms with Gasteiger partial charge in [-0.05, 0) is 12.7 Å². The van der Waals surface area contributed by atoms with Gasteiger partial charge in [-0.25, -0.2) is 0 Å². The van der Waals surface area contributed by atoms with Crippen LogP contribution in [0.25, 0.3) is 11.0 Å². The van der Waals surface area contributed by atoms with Gasteiger partial charge >= 0.3 is 11.2 Å². The smallest absolute Gasteiger partial charge is 0.565 e. The summed E-state index contributed by atoms with van der Waals surface area (Å²) in [6.07, 6.45) is 1.07. The van der Waals surface area contributed by atoms with Gasteiger partial charge in [0.05, 0.1) is 11.1 Å². The molecule has 0 saturated heterocycles. The number of aromatic nitrogens is 1. The molecule has 0 aliphatic carbocycles. The summed E-state index contributed by atoms with van der Waals surface area (Å²) < 4.78 is 14.6. The lowest BCUT2D eigenvalue weighted by atomic mass is 10.2. The van der Waals surface area contributed by atoms with Crippen LogP contribution in [-0.4, -0.2) is 12.3 Å². The standard InChI is InChI=1S/C8H7NO4/c1-4-6-5(10)3-12-8(11-2)7(6)13-9-4/h3H,1-2H3. The van der Waals surface area contributed by atoms with Crippen molar-refractivity contribution in [2.24, 2.45) is 0 Å². The van der Waals surface area contributed by atoms with Gasteiger partial charge in [-0.1, -0.05) is 5.16 Å². The summed E-state index contributed by atoms with van der Waals surface area (Å²) >= 11 is 0. The van der Waals surface area contributed by atoms with Crippen molar-refractivity contribution in [3.63, 3.8) is 0 Å². The van der Waals surface area contributed by atoms with Gasteiger partial charge in [0.15, 0.2) is 7.11 Å². The molecule has 2 aromatic heterocycles. The molecule has 0 radical (unpaired) electrons. The Morgan fingerprint density at radius 3 is 3.00 bits per heavy atom. The van der Waals surface area contributed by atoms with Crippen molar-refractivity contribution < 1.29 is 14.0 Å². The molecular formula is C8H7NO4. The molecule has 0 fully saturated rings. The van der Waals surface area contributed by atoms with E-state index in [-0.39, 0.29) is 17.0 Å². The first kappa shape index (κ1) is 7.85. The zero-order valence-corrected chi connectivity index (χ0v) is 7.16. The van der Waals surface area contributed by atoms with Gasteiger partial charge in [0, 0.05) is 0 Å². The zero-order valence-electron chi connectivity index (χ0n) is 7.16. The number of rotatable bonds is 0. The van der Waals surface area contributed by atoms with E-state index in [9.17, 15) is 5.11 Å². The predicted molar refractivity (Wildman–Crippen MR) is 42.7 cm³/mol. The molecule has 0 saturated carbocycles. The SMILES string of the molecule is C[O+]=c1occ([O-])c2c(C)noc12. The van der Waals surface area contributed by atoms with E-state index in [1.54, 1.807) is 6.92 Å². The van der Waals surface area contributed by atoms with E-state index in [0.717, 1.165) is 6.26 Å². The minimum Gasteiger partial charge on any atom is -0.868 e. The van der Waals surface area contributed by atoms with E-state index in [1.165, 1.54) is 7.11 Å². The Labute approximate surface area is 72.9 Å². The van der Waals surface area contributed by atoms with Crippen LogP contribution in [0.3, 0.4) is 0 Å². The Hall–Kier alpha value is -1.78. The number of fused-ring (bicyclic) bond motifs is 1. The van der Waals surface area contributed by atoms with Crippen LogP contribution in [0.5, 0.6) is 5.75 Å². The van der Waals surface area contributed by atoms with E-state index >= 15 is 0 Å². The van der Waals surface area contributed by atoms with Gasteiger partial charge in [0.25, 0.3) is 0 Å². The van der Waals surface area contributed by atoms with Crippen LogP contribution >= 0.6 is 0 Å². The van der Waals surface area contributed by atoms with E-state index in [2.05, 4.69) is 5.16 Å². The van der Waals surface area contributed by atoms with Crippen molar-refractivity contribution in [3.8, 4) is 5.75 Å². The number of aryl methyl sites for hydroxylation is 1. The second kappa shape index (κ2) is 2.62. The second-order valence-corrected chi connectivity index (χ2v) is 2.56. The van der Waals surface area contributed by atoms with Crippen LogP contribution < -0.4 is 10.7 Å². The largest absolute Gasteiger partial charge is 0.868 e. The minimum absolute atomic E-state index is 0.162. The molecule has 68 valence electrons. The molecule has 2 heterocycles. The summed E-state index contributed by atoms with van der Waals surface area (Å²) in [4.78, 5) is 0. The maximum Gasteiger partial charge on any atom is 0.565 e. The number of hydrogen-bond donors (Lipinski definition) is 0. The normalized spacial score (nSPS) is 12.6. The highest BCUT2D eigenvalue weighted by Gasteiger charge is 2.15. The van der Waals surface area contributed by atoms with Gasteiger partial charge < -0.3 is 14.1 Å². The van der Waals surface area contributed by atoms with Crippen LogP contribution in [0.15, 0.2) is 19.6 Å². The molecule has 2 aromatic rings. The van der Waals surface area contributed by atoms with Gasteiger partial charge in [-0.3, -0.25) is 4.42 Å². The van der Waals surface area contributed by atoms with Crippen molar-refractivity contribution in [1.82, 2.24) is 5.16 Å². The van der Waals surface area contributed by atoms with Crippen molar-refractivity contribution >= 4 is 11.0 Å². The van der Waals surface area contributed by atoms with Crippen LogP contribution in [0, 0.1) is 6.92 Å². The molecular weight excluding hydrogens is 174 g/mol. The summed E-state index contributed by atoms with van der Waals surface area (Å²) in [5, 5.41) is 15.3. The maximum absolute atomic E-state index is 11.3. The van der Waals surface area contributed by atoms with Crippen molar-refractivity contribution in [2.45, 2.75) is 6.92 Å². The molecule has 0 amide bonds. The first-order chi connectivity index (χ1) is 6.24. The second-order valence-electron chi connectivity index (χ2n) is 2.56. The van der Waals surface area contributed by atoms with Crippen LogP contribution in [0.2, 0.25) is 0 Å². The fourth-order valence-electron chi connectivity index (χ4n) is 1.16. The van der Waals surface area contributed by atoms with E-state index in [1.807, 2.05) is 0 Å². The van der Waals surface area contributed by atoms with Crippen LogP contribution in [0.4, 0.5) is 0 Å². The Morgan fingerprint density at radius 2 is 2.31 bits per heavy atom. The van der Waals surface area contributed by atoms with Crippen LogP contribution in [0.1, 0.15) is 5.69 Å². The molecule has 5 heteroatoms. The highest BCUT2D eigenvalue weighted by molar-refractivity contribution is 5.83. The number of hydrogen-bond acceptors (Lipinski definition) is 4. The maximum atomic E-state index is 11.3. The highest BCUT2D eigenvalue weighted by Crippen LogP contribution is 2.21. The number of nitrogens with zero attached hydrogens (tertiary/aromatic N) is 1. The summed E-state index contributed by atoms with van der Waals surface area (Å²) in [6, 6.07) is 0. The average molecular weight is 181 g/mol. The fourth-order valence-corrected chi connectivity index (χ4v) is 1.16. The van der Waals surface area contributed by atoms with E-state index in [0.29, 0.717) is 11.1 Å². The quantitative estimate of drug-likeness (QED) is 0.549. The van der Waals surface area contributed by atoms with Crippen molar-refractivity contribution in [1.29, 1.82) is 0 Å². The lowest BCUT2D eigenvalue weighted by molar-refractivity contribution is -0.267. The summed E-state index contributed by atoms with van der Waals surface area (Å²) in [5.41, 5.74) is 0.955. The van der Waals surface area contributed by atoms with Gasteiger partial charge in [-0.15, -0.1) is 0 Å². The van der Waals surface area contributed by atoms with Gasteiger partial charge in [0.2, 0.25) is 6.26 Å². The predicted octanol–water partition coefficient (Wildman–Crippen LogP) is 0.329. The fraction of sp³-hybridized carbons (Fsp3) is 0.250. The Kier molecular flexibility index (Phi) is 1.58. The monoisotopic (exact) mass is 181 g/mol. The third-order valence-corrected chi connectivity index (χ3v) is 1.75. The zero-order chi connectivity index (χ0) is 9.42. The van der Waals surface area contributed by atoms with E-state index < -0.39 is 0 Å². The third kappa shape index (κ3) is 1.00. The summed E-state index contributed by atoms with van der Waals surface area (Å²) in [5.74, 6) is -0.255. The highest BCUT2D eigenvalue weighted by atomic mass is 16.5. The molecule has 0 N–H and O–H groups in total. The van der Waals surface area contributed by atoms with Gasteiger partial charge in [-0.2, -0.15) is 0 Å². The third-order valence-electron chi connectivity index (χ3n) is 1.75. The summed E-state index contributed by atoms with van der Waals surface area (Å²) in [6.45, 7) is 1.69. The molecule has 0 unspecified atom stereocenters. The lowest BCUT2D eigenvalue weighted by Gasteiger charge is -1.98. The minimum atomic E-state index is -0.255. The Balaban J connectivity index is 3.05. The molecule has 5 nitrogen and oxygen atoms in total. The van der Waals surface area contributed by atoms with Gasteiger partial charge in [0.1, 0.15) is 0 Å². The summed E-state index contributed by atoms with van der Waals surface area (Å²) in [7, 11) is 1.43. The molecule has 0 atom stereocenters.